The van der Waals surface area contributed by atoms with Crippen molar-refractivity contribution in [3.63, 3.8) is 0 Å². The number of nitrogens with two attached hydrogens (primary N) is 1. The first-order valence-corrected chi connectivity index (χ1v) is 7.29. The van der Waals surface area contributed by atoms with Crippen LogP contribution in [-0.4, -0.2) is 42.8 Å². The molecule has 17 heavy (non-hydrogen) atoms. The summed E-state index contributed by atoms with van der Waals surface area (Å²) in [5.41, 5.74) is 6.45. The van der Waals surface area contributed by atoms with Crippen molar-refractivity contribution < 1.29 is 4.74 Å². The summed E-state index contributed by atoms with van der Waals surface area (Å²) in [5.74, 6) is 0.730. The minimum atomic E-state index is 0.253. The topological polar surface area (TPSA) is 38.5 Å². The summed E-state index contributed by atoms with van der Waals surface area (Å²) in [7, 11) is 0. The third-order valence-corrected chi connectivity index (χ3v) is 5.04. The van der Waals surface area contributed by atoms with Gasteiger partial charge in [-0.1, -0.05) is 26.7 Å². The fourth-order valence-corrected chi connectivity index (χ4v) is 3.82. The van der Waals surface area contributed by atoms with Gasteiger partial charge in [-0.05, 0) is 25.2 Å². The molecule has 100 valence electrons. The Morgan fingerprint density at radius 1 is 1.41 bits per heavy atom. The van der Waals surface area contributed by atoms with Crippen molar-refractivity contribution in [2.75, 3.05) is 26.3 Å². The Morgan fingerprint density at radius 3 is 2.88 bits per heavy atom. The Morgan fingerprint density at radius 2 is 2.24 bits per heavy atom. The van der Waals surface area contributed by atoms with Gasteiger partial charge in [0, 0.05) is 24.7 Å². The van der Waals surface area contributed by atoms with Crippen LogP contribution < -0.4 is 5.73 Å². The van der Waals surface area contributed by atoms with E-state index in [1.807, 2.05) is 0 Å². The fraction of sp³-hybridized carbons (Fsp3) is 1.00. The van der Waals surface area contributed by atoms with Crippen LogP contribution in [0.1, 0.15) is 46.0 Å². The lowest BCUT2D eigenvalue weighted by Gasteiger charge is -2.54. The van der Waals surface area contributed by atoms with Crippen LogP contribution in [0.2, 0.25) is 0 Å². The van der Waals surface area contributed by atoms with Crippen LogP contribution >= 0.6 is 0 Å². The van der Waals surface area contributed by atoms with Gasteiger partial charge in [-0.25, -0.2) is 0 Å². The predicted molar refractivity (Wildman–Crippen MR) is 71.0 cm³/mol. The van der Waals surface area contributed by atoms with Crippen molar-refractivity contribution in [3.8, 4) is 0 Å². The van der Waals surface area contributed by atoms with E-state index in [0.717, 1.165) is 32.2 Å². The van der Waals surface area contributed by atoms with Gasteiger partial charge in [-0.3, -0.25) is 4.90 Å². The molecule has 0 radical (unpaired) electrons. The fourth-order valence-electron chi connectivity index (χ4n) is 3.82. The molecule has 0 amide bonds. The smallest absolute Gasteiger partial charge is 0.0622 e. The highest BCUT2D eigenvalue weighted by Gasteiger charge is 2.45. The van der Waals surface area contributed by atoms with Gasteiger partial charge in [-0.15, -0.1) is 0 Å². The first-order chi connectivity index (χ1) is 8.24. The first kappa shape index (κ1) is 13.3. The molecule has 1 saturated heterocycles. The van der Waals surface area contributed by atoms with Gasteiger partial charge in [-0.2, -0.15) is 0 Å². The Labute approximate surface area is 106 Å². The molecule has 0 aromatic heterocycles. The molecule has 2 N–H and O–H groups in total. The van der Waals surface area contributed by atoms with E-state index in [-0.39, 0.29) is 5.54 Å². The SMILES string of the molecule is CCC1COCCN1C1(CN)CCCCC1C. The van der Waals surface area contributed by atoms with Crippen molar-refractivity contribution in [3.05, 3.63) is 0 Å². The van der Waals surface area contributed by atoms with Crippen LogP contribution in [0.25, 0.3) is 0 Å². The van der Waals surface area contributed by atoms with E-state index in [2.05, 4.69) is 18.7 Å². The Bertz CT molecular complexity index is 246. The van der Waals surface area contributed by atoms with Crippen LogP contribution in [0.5, 0.6) is 0 Å². The molecule has 3 heteroatoms. The van der Waals surface area contributed by atoms with Crippen molar-refractivity contribution in [1.29, 1.82) is 0 Å². The minimum absolute atomic E-state index is 0.253. The van der Waals surface area contributed by atoms with Gasteiger partial charge in [0.1, 0.15) is 0 Å². The van der Waals surface area contributed by atoms with Crippen LogP contribution in [-0.2, 0) is 4.74 Å². The third kappa shape index (κ3) is 2.38. The molecule has 3 atom stereocenters. The summed E-state index contributed by atoms with van der Waals surface area (Å²) < 4.78 is 5.64. The average Bonchev–Trinajstić information content (AvgIpc) is 2.40. The maximum absolute atomic E-state index is 6.19. The van der Waals surface area contributed by atoms with E-state index in [1.54, 1.807) is 0 Å². The second kappa shape index (κ2) is 5.68. The molecule has 2 fully saturated rings. The Balaban J connectivity index is 2.19. The van der Waals surface area contributed by atoms with Crippen LogP contribution in [0, 0.1) is 5.92 Å². The van der Waals surface area contributed by atoms with E-state index in [9.17, 15) is 0 Å². The van der Waals surface area contributed by atoms with Crippen molar-refractivity contribution >= 4 is 0 Å². The second-order valence-corrected chi connectivity index (χ2v) is 5.78. The van der Waals surface area contributed by atoms with E-state index in [4.69, 9.17) is 10.5 Å². The van der Waals surface area contributed by atoms with Gasteiger partial charge in [0.05, 0.1) is 13.2 Å². The molecular formula is C14H28N2O. The summed E-state index contributed by atoms with van der Waals surface area (Å²) in [6.07, 6.45) is 6.51. The molecule has 1 aliphatic heterocycles. The van der Waals surface area contributed by atoms with Crippen LogP contribution in [0.15, 0.2) is 0 Å². The predicted octanol–water partition coefficient (Wildman–Crippen LogP) is 2.00. The van der Waals surface area contributed by atoms with Crippen LogP contribution in [0.3, 0.4) is 0 Å². The summed E-state index contributed by atoms with van der Waals surface area (Å²) in [5, 5.41) is 0. The summed E-state index contributed by atoms with van der Waals surface area (Å²) in [6.45, 7) is 8.32. The molecule has 2 rings (SSSR count). The normalized spacial score (nSPS) is 40.4. The molecule has 0 aromatic carbocycles. The molecule has 0 spiro atoms. The summed E-state index contributed by atoms with van der Waals surface area (Å²) in [4.78, 5) is 2.69. The van der Waals surface area contributed by atoms with Crippen molar-refractivity contribution in [1.82, 2.24) is 4.90 Å². The lowest BCUT2D eigenvalue weighted by Crippen LogP contribution is -2.65. The molecule has 1 aliphatic carbocycles. The van der Waals surface area contributed by atoms with E-state index in [0.29, 0.717) is 6.04 Å². The number of ether oxygens (including phenoxy) is 1. The number of hydrogen-bond donors (Lipinski definition) is 1. The number of morpholine rings is 1. The van der Waals surface area contributed by atoms with Crippen molar-refractivity contribution in [2.45, 2.75) is 57.5 Å². The number of nitrogens with zero attached hydrogens (tertiary/aromatic N) is 1. The summed E-state index contributed by atoms with van der Waals surface area (Å²) in [6, 6.07) is 0.577. The lowest BCUT2D eigenvalue weighted by atomic mass is 9.71. The van der Waals surface area contributed by atoms with E-state index in [1.165, 1.54) is 32.1 Å². The Kier molecular flexibility index (Phi) is 4.45. The van der Waals surface area contributed by atoms with E-state index < -0.39 is 0 Å². The van der Waals surface area contributed by atoms with Gasteiger partial charge < -0.3 is 10.5 Å². The molecule has 0 aromatic rings. The maximum Gasteiger partial charge on any atom is 0.0622 e. The van der Waals surface area contributed by atoms with Crippen molar-refractivity contribution in [2.24, 2.45) is 11.7 Å². The molecule has 1 heterocycles. The quantitative estimate of drug-likeness (QED) is 0.820. The van der Waals surface area contributed by atoms with Gasteiger partial charge in [0.15, 0.2) is 0 Å². The zero-order valence-electron chi connectivity index (χ0n) is 11.5. The lowest BCUT2D eigenvalue weighted by molar-refractivity contribution is -0.0933. The van der Waals surface area contributed by atoms with E-state index >= 15 is 0 Å². The highest BCUT2D eigenvalue weighted by Crippen LogP contribution is 2.39. The molecular weight excluding hydrogens is 212 g/mol. The zero-order chi connectivity index (χ0) is 12.3. The standard InChI is InChI=1S/C14H28N2O/c1-3-13-10-17-9-8-16(13)14(11-15)7-5-4-6-12(14)2/h12-13H,3-11,15H2,1-2H3. The second-order valence-electron chi connectivity index (χ2n) is 5.78. The highest BCUT2D eigenvalue weighted by molar-refractivity contribution is 5.01. The average molecular weight is 240 g/mol. The van der Waals surface area contributed by atoms with Gasteiger partial charge in [0.25, 0.3) is 0 Å². The van der Waals surface area contributed by atoms with Gasteiger partial charge >= 0.3 is 0 Å². The third-order valence-electron chi connectivity index (χ3n) is 5.04. The largest absolute Gasteiger partial charge is 0.378 e. The number of hydrogen-bond acceptors (Lipinski definition) is 3. The minimum Gasteiger partial charge on any atom is -0.378 e. The maximum atomic E-state index is 6.19. The monoisotopic (exact) mass is 240 g/mol. The zero-order valence-corrected chi connectivity index (χ0v) is 11.5. The van der Waals surface area contributed by atoms with Gasteiger partial charge in [0.2, 0.25) is 0 Å². The van der Waals surface area contributed by atoms with Crippen LogP contribution in [0.4, 0.5) is 0 Å². The highest BCUT2D eigenvalue weighted by atomic mass is 16.5. The molecule has 0 bridgehead atoms. The molecule has 2 aliphatic rings. The Hall–Kier alpha value is -0.120. The summed E-state index contributed by atoms with van der Waals surface area (Å²) >= 11 is 0. The first-order valence-electron chi connectivity index (χ1n) is 7.29. The molecule has 3 nitrogen and oxygen atoms in total. The number of rotatable bonds is 3. The molecule has 3 unspecified atom stereocenters. The molecule has 1 saturated carbocycles.